The van der Waals surface area contributed by atoms with E-state index in [1.807, 2.05) is 23.1 Å². The zero-order chi connectivity index (χ0) is 23.6. The molecule has 0 N–H and O–H groups in total. The second-order valence-corrected chi connectivity index (χ2v) is 11.0. The van der Waals surface area contributed by atoms with E-state index >= 15 is 0 Å². The van der Waals surface area contributed by atoms with E-state index in [1.165, 1.54) is 25.5 Å². The van der Waals surface area contributed by atoms with Gasteiger partial charge in [0, 0.05) is 32.0 Å². The first-order chi connectivity index (χ1) is 15.8. The zero-order valence-electron chi connectivity index (χ0n) is 19.3. The molecule has 2 heterocycles. The summed E-state index contributed by atoms with van der Waals surface area (Å²) in [6.45, 7) is 4.75. The summed E-state index contributed by atoms with van der Waals surface area (Å²) in [7, 11) is -2.38. The molecule has 9 heteroatoms. The van der Waals surface area contributed by atoms with Crippen molar-refractivity contribution in [1.82, 2.24) is 14.2 Å². The highest BCUT2D eigenvalue weighted by Crippen LogP contribution is 2.36. The summed E-state index contributed by atoms with van der Waals surface area (Å²) in [6.07, 6.45) is 5.90. The van der Waals surface area contributed by atoms with Gasteiger partial charge in [-0.25, -0.2) is 8.42 Å². The standard InChI is InChI=1S/C24H31N3O5S/c1-17-6-4-8-21(18(17)2)27(14-19-9-10-22-23(12-19)32-16-31-22)24(28)15-26(3)33(29,30)20-7-5-11-25-13-20/h5,7,9-13,17-18,21H,4,6,8,14-16H2,1-3H3. The molecule has 0 spiro atoms. The normalized spacial score (nSPS) is 22.4. The van der Waals surface area contributed by atoms with Gasteiger partial charge >= 0.3 is 0 Å². The van der Waals surface area contributed by atoms with Crippen LogP contribution >= 0.6 is 0 Å². The van der Waals surface area contributed by atoms with Crippen molar-refractivity contribution in [2.24, 2.45) is 11.8 Å². The summed E-state index contributed by atoms with van der Waals surface area (Å²) in [6, 6.07) is 8.78. The summed E-state index contributed by atoms with van der Waals surface area (Å²) in [5.41, 5.74) is 0.927. The lowest BCUT2D eigenvalue weighted by atomic mass is 9.77. The number of sulfonamides is 1. The molecule has 4 rings (SSSR count). The van der Waals surface area contributed by atoms with Crippen molar-refractivity contribution in [2.75, 3.05) is 20.4 Å². The SMILES string of the molecule is CC1CCCC(N(Cc2ccc3c(c2)OCO3)C(=O)CN(C)S(=O)(=O)c2cccnc2)C1C. The summed E-state index contributed by atoms with van der Waals surface area (Å²) >= 11 is 0. The predicted octanol–water partition coefficient (Wildman–Crippen LogP) is 3.28. The highest BCUT2D eigenvalue weighted by Gasteiger charge is 2.35. The monoisotopic (exact) mass is 473 g/mol. The molecule has 1 saturated carbocycles. The molecule has 2 aliphatic rings. The Kier molecular flexibility index (Phi) is 6.90. The van der Waals surface area contributed by atoms with Gasteiger partial charge in [0.15, 0.2) is 11.5 Å². The van der Waals surface area contributed by atoms with Crippen LogP contribution in [0.25, 0.3) is 0 Å². The molecule has 8 nitrogen and oxygen atoms in total. The van der Waals surface area contributed by atoms with Crippen LogP contribution in [0, 0.1) is 11.8 Å². The molecule has 178 valence electrons. The molecule has 1 aliphatic carbocycles. The minimum absolute atomic E-state index is 0.0427. The third-order valence-corrected chi connectivity index (χ3v) is 8.66. The maximum Gasteiger partial charge on any atom is 0.244 e. The number of amides is 1. The number of hydrogen-bond acceptors (Lipinski definition) is 6. The van der Waals surface area contributed by atoms with Gasteiger partial charge in [-0.3, -0.25) is 9.78 Å². The number of benzene rings is 1. The Labute approximate surface area is 195 Å². The first-order valence-electron chi connectivity index (χ1n) is 11.3. The first kappa shape index (κ1) is 23.5. The van der Waals surface area contributed by atoms with Crippen LogP contribution in [0.4, 0.5) is 0 Å². The third kappa shape index (κ3) is 4.99. The fraction of sp³-hybridized carbons (Fsp3) is 0.500. The van der Waals surface area contributed by atoms with Gasteiger partial charge in [0.25, 0.3) is 0 Å². The minimum atomic E-state index is -3.82. The van der Waals surface area contributed by atoms with Crippen LogP contribution in [-0.4, -0.2) is 54.9 Å². The lowest BCUT2D eigenvalue weighted by Crippen LogP contribution is -2.50. The third-order valence-electron chi connectivity index (χ3n) is 6.87. The van der Waals surface area contributed by atoms with Crippen LogP contribution in [-0.2, 0) is 21.4 Å². The van der Waals surface area contributed by atoms with Gasteiger partial charge in [-0.05, 0) is 48.1 Å². The van der Waals surface area contributed by atoms with Crippen molar-refractivity contribution in [1.29, 1.82) is 0 Å². The number of nitrogens with zero attached hydrogens (tertiary/aromatic N) is 3. The van der Waals surface area contributed by atoms with E-state index in [0.29, 0.717) is 29.9 Å². The Morgan fingerprint density at radius 2 is 1.94 bits per heavy atom. The van der Waals surface area contributed by atoms with E-state index < -0.39 is 10.0 Å². The largest absolute Gasteiger partial charge is 0.454 e. The van der Waals surface area contributed by atoms with Crippen LogP contribution in [0.1, 0.15) is 38.7 Å². The topological polar surface area (TPSA) is 89.0 Å². The van der Waals surface area contributed by atoms with Gasteiger partial charge in [0.05, 0.1) is 6.54 Å². The van der Waals surface area contributed by atoms with E-state index in [-0.39, 0.29) is 30.2 Å². The summed E-state index contributed by atoms with van der Waals surface area (Å²) in [4.78, 5) is 19.4. The van der Waals surface area contributed by atoms with Crippen molar-refractivity contribution in [2.45, 2.75) is 50.6 Å². The highest BCUT2D eigenvalue weighted by molar-refractivity contribution is 7.89. The molecule has 1 aromatic heterocycles. The lowest BCUT2D eigenvalue weighted by Gasteiger charge is -2.42. The molecule has 3 unspecified atom stereocenters. The number of likely N-dealkylation sites (N-methyl/N-ethyl adjacent to an activating group) is 1. The molecule has 3 atom stereocenters. The van der Waals surface area contributed by atoms with Gasteiger partial charge in [-0.1, -0.05) is 32.8 Å². The van der Waals surface area contributed by atoms with Crippen LogP contribution in [0.3, 0.4) is 0 Å². The fourth-order valence-electron chi connectivity index (χ4n) is 4.67. The molecule has 0 bridgehead atoms. The number of fused-ring (bicyclic) bond motifs is 1. The average molecular weight is 474 g/mol. The number of pyridine rings is 1. The maximum atomic E-state index is 13.6. The quantitative estimate of drug-likeness (QED) is 0.613. The van der Waals surface area contributed by atoms with Crippen molar-refractivity contribution >= 4 is 15.9 Å². The lowest BCUT2D eigenvalue weighted by molar-refractivity contribution is -0.136. The van der Waals surface area contributed by atoms with Gasteiger partial charge in [0.1, 0.15) is 4.90 Å². The molecule has 1 aromatic carbocycles. The van der Waals surface area contributed by atoms with Crippen molar-refractivity contribution < 1.29 is 22.7 Å². The number of ether oxygens (including phenoxy) is 2. The van der Waals surface area contributed by atoms with Gasteiger partial charge in [0.2, 0.25) is 22.7 Å². The summed E-state index contributed by atoms with van der Waals surface area (Å²) in [5.74, 6) is 1.96. The second kappa shape index (κ2) is 9.69. The van der Waals surface area contributed by atoms with E-state index in [4.69, 9.17) is 9.47 Å². The van der Waals surface area contributed by atoms with Crippen LogP contribution in [0.2, 0.25) is 0 Å². The molecule has 1 aliphatic heterocycles. The van der Waals surface area contributed by atoms with Gasteiger partial charge in [-0.2, -0.15) is 4.31 Å². The molecule has 2 aromatic rings. The van der Waals surface area contributed by atoms with Crippen LogP contribution in [0.5, 0.6) is 11.5 Å². The Morgan fingerprint density at radius 1 is 1.15 bits per heavy atom. The summed E-state index contributed by atoms with van der Waals surface area (Å²) in [5, 5.41) is 0. The van der Waals surface area contributed by atoms with Crippen molar-refractivity contribution in [3.05, 3.63) is 48.3 Å². The Balaban J connectivity index is 1.57. The predicted molar refractivity (Wildman–Crippen MR) is 123 cm³/mol. The molecule has 33 heavy (non-hydrogen) atoms. The highest BCUT2D eigenvalue weighted by atomic mass is 32.2. The molecule has 1 amide bonds. The van der Waals surface area contributed by atoms with E-state index in [2.05, 4.69) is 18.8 Å². The second-order valence-electron chi connectivity index (χ2n) is 8.99. The number of carbonyl (C=O) groups is 1. The number of aromatic nitrogens is 1. The maximum absolute atomic E-state index is 13.6. The Hall–Kier alpha value is -2.65. The van der Waals surface area contributed by atoms with Gasteiger partial charge < -0.3 is 14.4 Å². The summed E-state index contributed by atoms with van der Waals surface area (Å²) < 4.78 is 37.9. The molecular formula is C24H31N3O5S. The Morgan fingerprint density at radius 3 is 2.70 bits per heavy atom. The molecule has 1 fully saturated rings. The van der Waals surface area contributed by atoms with E-state index in [9.17, 15) is 13.2 Å². The van der Waals surface area contributed by atoms with Crippen molar-refractivity contribution in [3.63, 3.8) is 0 Å². The molecular weight excluding hydrogens is 442 g/mol. The van der Waals surface area contributed by atoms with Gasteiger partial charge in [-0.15, -0.1) is 0 Å². The Bertz CT molecular complexity index is 1090. The van der Waals surface area contributed by atoms with Crippen molar-refractivity contribution in [3.8, 4) is 11.5 Å². The molecule has 0 saturated heterocycles. The molecule has 0 radical (unpaired) electrons. The number of carbonyl (C=O) groups excluding carboxylic acids is 1. The smallest absolute Gasteiger partial charge is 0.244 e. The fourth-order valence-corrected chi connectivity index (χ4v) is 5.75. The first-order valence-corrected chi connectivity index (χ1v) is 12.8. The van der Waals surface area contributed by atoms with Crippen LogP contribution in [0.15, 0.2) is 47.6 Å². The van der Waals surface area contributed by atoms with E-state index in [0.717, 1.165) is 29.1 Å². The number of hydrogen-bond donors (Lipinski definition) is 0. The number of rotatable bonds is 7. The average Bonchev–Trinajstić information content (AvgIpc) is 3.28. The van der Waals surface area contributed by atoms with Crippen LogP contribution < -0.4 is 9.47 Å². The zero-order valence-corrected chi connectivity index (χ0v) is 20.1. The van der Waals surface area contributed by atoms with E-state index in [1.54, 1.807) is 6.07 Å². The minimum Gasteiger partial charge on any atom is -0.454 e.